The summed E-state index contributed by atoms with van der Waals surface area (Å²) >= 11 is 0. The molecule has 2 aromatic heterocycles. The third kappa shape index (κ3) is 4.06. The number of nitrogens with one attached hydrogen (secondary N) is 2. The molecule has 0 unspecified atom stereocenters. The lowest BCUT2D eigenvalue weighted by atomic mass is 9.95. The fourth-order valence-corrected chi connectivity index (χ4v) is 2.26. The van der Waals surface area contributed by atoms with Crippen molar-refractivity contribution in [3.05, 3.63) is 46.2 Å². The smallest absolute Gasteiger partial charge is 0.264 e. The van der Waals surface area contributed by atoms with Crippen LogP contribution in [0.5, 0.6) is 0 Å². The van der Waals surface area contributed by atoms with Crippen molar-refractivity contribution in [2.45, 2.75) is 52.6 Å². The van der Waals surface area contributed by atoms with E-state index in [4.69, 9.17) is 0 Å². The Bertz CT molecular complexity index is 741. The van der Waals surface area contributed by atoms with Crippen LogP contribution in [0.25, 0.3) is 0 Å². The molecule has 0 saturated heterocycles. The van der Waals surface area contributed by atoms with Crippen LogP contribution in [0.1, 0.15) is 49.6 Å². The van der Waals surface area contributed by atoms with Gasteiger partial charge in [-0.05, 0) is 13.8 Å². The van der Waals surface area contributed by atoms with Gasteiger partial charge in [0.15, 0.2) is 0 Å². The summed E-state index contributed by atoms with van der Waals surface area (Å²) in [7, 11) is 0. The number of hydrogen-bond donors (Lipinski definition) is 2. The molecule has 23 heavy (non-hydrogen) atoms. The lowest BCUT2D eigenvalue weighted by Crippen LogP contribution is -2.39. The van der Waals surface area contributed by atoms with E-state index in [1.54, 1.807) is 19.4 Å². The second-order valence-electron chi connectivity index (χ2n) is 6.76. The van der Waals surface area contributed by atoms with Crippen molar-refractivity contribution < 1.29 is 4.79 Å². The standard InChI is InChI=1S/C16H23N5O2/c1-10(8-21-7-6-17-9-21)18-13(22)12-11(2)19-15(16(3,4)5)20-14(12)23/h6-7,9-10H,8H2,1-5H3,(H,18,22)(H,19,20,23)/t10-/m1/s1. The Balaban J connectivity index is 2.18. The number of rotatable bonds is 4. The van der Waals surface area contributed by atoms with Gasteiger partial charge in [-0.2, -0.15) is 0 Å². The van der Waals surface area contributed by atoms with Crippen LogP contribution >= 0.6 is 0 Å². The van der Waals surface area contributed by atoms with Crippen molar-refractivity contribution in [1.82, 2.24) is 24.8 Å². The van der Waals surface area contributed by atoms with Gasteiger partial charge in [0.25, 0.3) is 11.5 Å². The van der Waals surface area contributed by atoms with Crippen molar-refractivity contribution in [3.63, 3.8) is 0 Å². The minimum Gasteiger partial charge on any atom is -0.348 e. The zero-order valence-corrected chi connectivity index (χ0v) is 14.2. The van der Waals surface area contributed by atoms with Gasteiger partial charge < -0.3 is 14.9 Å². The molecular formula is C16H23N5O2. The second kappa shape index (κ2) is 6.36. The molecule has 7 heteroatoms. The van der Waals surface area contributed by atoms with Crippen molar-refractivity contribution in [1.29, 1.82) is 0 Å². The maximum absolute atomic E-state index is 12.4. The van der Waals surface area contributed by atoms with Crippen molar-refractivity contribution in [2.24, 2.45) is 0 Å². The number of amides is 1. The van der Waals surface area contributed by atoms with Gasteiger partial charge in [0.05, 0.1) is 12.0 Å². The first-order valence-corrected chi connectivity index (χ1v) is 7.56. The van der Waals surface area contributed by atoms with Crippen molar-refractivity contribution >= 4 is 5.91 Å². The molecule has 0 bridgehead atoms. The topological polar surface area (TPSA) is 92.7 Å². The van der Waals surface area contributed by atoms with Gasteiger partial charge in [-0.1, -0.05) is 20.8 Å². The number of aromatic nitrogens is 4. The zero-order chi connectivity index (χ0) is 17.2. The highest BCUT2D eigenvalue weighted by atomic mass is 16.2. The molecule has 1 atom stereocenters. The summed E-state index contributed by atoms with van der Waals surface area (Å²) in [5.74, 6) is 0.160. The summed E-state index contributed by atoms with van der Waals surface area (Å²) < 4.78 is 1.86. The van der Waals surface area contributed by atoms with E-state index in [0.717, 1.165) is 0 Å². The van der Waals surface area contributed by atoms with Crippen LogP contribution in [0.2, 0.25) is 0 Å². The van der Waals surface area contributed by atoms with E-state index in [9.17, 15) is 9.59 Å². The molecule has 2 N–H and O–H groups in total. The summed E-state index contributed by atoms with van der Waals surface area (Å²) in [5, 5.41) is 2.83. The lowest BCUT2D eigenvalue weighted by Gasteiger charge is -2.19. The van der Waals surface area contributed by atoms with E-state index in [0.29, 0.717) is 18.1 Å². The molecule has 0 saturated carbocycles. The number of hydrogen-bond acceptors (Lipinski definition) is 4. The minimum absolute atomic E-state index is 0.0653. The Hall–Kier alpha value is -2.44. The van der Waals surface area contributed by atoms with Gasteiger partial charge in [0.1, 0.15) is 11.4 Å². The molecule has 0 aliphatic heterocycles. The van der Waals surface area contributed by atoms with Crippen LogP contribution in [0.3, 0.4) is 0 Å². The number of carbonyl (C=O) groups is 1. The lowest BCUT2D eigenvalue weighted by molar-refractivity contribution is 0.0934. The van der Waals surface area contributed by atoms with E-state index in [1.807, 2.05) is 38.5 Å². The third-order valence-electron chi connectivity index (χ3n) is 3.46. The minimum atomic E-state index is -0.413. The van der Waals surface area contributed by atoms with E-state index in [-0.39, 0.29) is 17.0 Å². The first-order valence-electron chi connectivity index (χ1n) is 7.56. The predicted octanol–water partition coefficient (Wildman–Crippen LogP) is 1.39. The monoisotopic (exact) mass is 317 g/mol. The summed E-state index contributed by atoms with van der Waals surface area (Å²) in [5.41, 5.74) is -0.190. The number of nitrogens with zero attached hydrogens (tertiary/aromatic N) is 3. The average molecular weight is 317 g/mol. The van der Waals surface area contributed by atoms with Gasteiger partial charge in [-0.25, -0.2) is 9.97 Å². The molecular weight excluding hydrogens is 294 g/mol. The number of aryl methyl sites for hydroxylation is 1. The third-order valence-corrected chi connectivity index (χ3v) is 3.46. The molecule has 124 valence electrons. The molecule has 2 heterocycles. The van der Waals surface area contributed by atoms with Crippen LogP contribution in [0, 0.1) is 6.92 Å². The zero-order valence-electron chi connectivity index (χ0n) is 14.2. The van der Waals surface area contributed by atoms with Crippen LogP contribution in [-0.2, 0) is 12.0 Å². The van der Waals surface area contributed by atoms with E-state index in [1.165, 1.54) is 0 Å². The van der Waals surface area contributed by atoms with E-state index < -0.39 is 11.5 Å². The Labute approximate surface area is 135 Å². The van der Waals surface area contributed by atoms with Gasteiger partial charge in [0.2, 0.25) is 0 Å². The average Bonchev–Trinajstić information content (AvgIpc) is 2.89. The maximum Gasteiger partial charge on any atom is 0.264 e. The first kappa shape index (κ1) is 16.9. The highest BCUT2D eigenvalue weighted by molar-refractivity contribution is 5.94. The van der Waals surface area contributed by atoms with Crippen LogP contribution in [0.15, 0.2) is 23.5 Å². The van der Waals surface area contributed by atoms with Gasteiger partial charge in [-0.3, -0.25) is 9.59 Å². The Kier molecular flexibility index (Phi) is 4.68. The van der Waals surface area contributed by atoms with Crippen LogP contribution in [-0.4, -0.2) is 31.5 Å². The van der Waals surface area contributed by atoms with Crippen molar-refractivity contribution in [2.75, 3.05) is 0 Å². The molecule has 7 nitrogen and oxygen atoms in total. The van der Waals surface area contributed by atoms with Crippen molar-refractivity contribution in [3.8, 4) is 0 Å². The molecule has 2 aromatic rings. The molecule has 1 amide bonds. The van der Waals surface area contributed by atoms with Gasteiger partial charge in [-0.15, -0.1) is 0 Å². The number of aromatic amines is 1. The molecule has 0 spiro atoms. The SMILES string of the molecule is Cc1nc(C(C)(C)C)[nH]c(=O)c1C(=O)N[C@H](C)Cn1ccnc1. The summed E-state index contributed by atoms with van der Waals surface area (Å²) in [4.78, 5) is 35.7. The molecule has 0 radical (unpaired) electrons. The second-order valence-corrected chi connectivity index (χ2v) is 6.76. The van der Waals surface area contributed by atoms with Crippen LogP contribution in [0.4, 0.5) is 0 Å². The first-order chi connectivity index (χ1) is 10.7. The van der Waals surface area contributed by atoms with Crippen LogP contribution < -0.4 is 10.9 Å². The molecule has 0 aliphatic carbocycles. The largest absolute Gasteiger partial charge is 0.348 e. The Morgan fingerprint density at radius 1 is 1.43 bits per heavy atom. The molecule has 0 aromatic carbocycles. The summed E-state index contributed by atoms with van der Waals surface area (Å²) in [6.07, 6.45) is 5.18. The van der Waals surface area contributed by atoms with E-state index >= 15 is 0 Å². The highest BCUT2D eigenvalue weighted by Gasteiger charge is 2.22. The number of carbonyl (C=O) groups excluding carboxylic acids is 1. The quantitative estimate of drug-likeness (QED) is 0.891. The highest BCUT2D eigenvalue weighted by Crippen LogP contribution is 2.17. The normalized spacial score (nSPS) is 12.9. The maximum atomic E-state index is 12.4. The summed E-state index contributed by atoms with van der Waals surface area (Å²) in [6.45, 7) is 10.0. The fraction of sp³-hybridized carbons (Fsp3) is 0.500. The molecule has 0 aliphatic rings. The number of imidazole rings is 1. The predicted molar refractivity (Wildman–Crippen MR) is 87.4 cm³/mol. The molecule has 2 rings (SSSR count). The fourth-order valence-electron chi connectivity index (χ4n) is 2.26. The Morgan fingerprint density at radius 2 is 2.13 bits per heavy atom. The van der Waals surface area contributed by atoms with Gasteiger partial charge >= 0.3 is 0 Å². The molecule has 0 fully saturated rings. The summed E-state index contributed by atoms with van der Waals surface area (Å²) in [6, 6.07) is -0.141. The number of H-pyrrole nitrogens is 1. The van der Waals surface area contributed by atoms with E-state index in [2.05, 4.69) is 20.3 Å². The van der Waals surface area contributed by atoms with Gasteiger partial charge in [0, 0.05) is 30.4 Å². The Morgan fingerprint density at radius 3 is 2.65 bits per heavy atom.